The van der Waals surface area contributed by atoms with E-state index < -0.39 is 5.60 Å². The SMILES string of the molecule is CC(C)(C)OC(=O)C1=CC=C2N=NN=C2C1. The minimum atomic E-state index is -0.478. The van der Waals surface area contributed by atoms with Crippen LogP contribution in [0.4, 0.5) is 0 Å². The van der Waals surface area contributed by atoms with Gasteiger partial charge in [-0.25, -0.2) is 4.79 Å². The molecule has 0 amide bonds. The van der Waals surface area contributed by atoms with Gasteiger partial charge in [-0.1, -0.05) is 0 Å². The van der Waals surface area contributed by atoms with Gasteiger partial charge in [-0.15, -0.1) is 10.2 Å². The molecule has 1 aliphatic heterocycles. The summed E-state index contributed by atoms with van der Waals surface area (Å²) in [6.07, 6.45) is 3.89. The van der Waals surface area contributed by atoms with Crippen molar-refractivity contribution < 1.29 is 9.53 Å². The molecule has 0 saturated heterocycles. The lowest BCUT2D eigenvalue weighted by molar-refractivity contribution is -0.149. The Bertz CT molecular complexity index is 450. The zero-order valence-electron chi connectivity index (χ0n) is 9.52. The Morgan fingerprint density at radius 1 is 1.38 bits per heavy atom. The van der Waals surface area contributed by atoms with Crippen LogP contribution in [-0.4, -0.2) is 17.3 Å². The average Bonchev–Trinajstić information content (AvgIpc) is 2.61. The molecule has 5 nitrogen and oxygen atoms in total. The molecule has 0 atom stereocenters. The number of carbonyl (C=O) groups is 1. The summed E-state index contributed by atoms with van der Waals surface area (Å²) in [5, 5.41) is 11.2. The van der Waals surface area contributed by atoms with Gasteiger partial charge < -0.3 is 4.74 Å². The van der Waals surface area contributed by atoms with Crippen molar-refractivity contribution in [2.45, 2.75) is 32.8 Å². The van der Waals surface area contributed by atoms with Crippen LogP contribution in [0.5, 0.6) is 0 Å². The number of nitrogens with zero attached hydrogens (tertiary/aromatic N) is 3. The van der Waals surface area contributed by atoms with E-state index >= 15 is 0 Å². The summed E-state index contributed by atoms with van der Waals surface area (Å²) in [5.74, 6) is -0.308. The van der Waals surface area contributed by atoms with Crippen molar-refractivity contribution in [3.8, 4) is 0 Å². The van der Waals surface area contributed by atoms with E-state index in [0.29, 0.717) is 12.0 Å². The number of fused-ring (bicyclic) bond motifs is 1. The van der Waals surface area contributed by atoms with E-state index in [1.165, 1.54) is 0 Å². The highest BCUT2D eigenvalue weighted by Gasteiger charge is 2.25. The van der Waals surface area contributed by atoms with Crippen LogP contribution in [-0.2, 0) is 9.53 Å². The van der Waals surface area contributed by atoms with Gasteiger partial charge in [0.15, 0.2) is 0 Å². The smallest absolute Gasteiger partial charge is 0.334 e. The van der Waals surface area contributed by atoms with E-state index in [4.69, 9.17) is 4.74 Å². The fourth-order valence-electron chi connectivity index (χ4n) is 1.39. The first-order valence-electron chi connectivity index (χ1n) is 5.08. The lowest BCUT2D eigenvalue weighted by Gasteiger charge is -2.21. The minimum Gasteiger partial charge on any atom is -0.457 e. The Balaban J connectivity index is 2.11. The maximum Gasteiger partial charge on any atom is 0.334 e. The molecule has 2 rings (SSSR count). The van der Waals surface area contributed by atoms with Crippen LogP contribution >= 0.6 is 0 Å². The molecule has 0 saturated carbocycles. The number of esters is 1. The molecule has 2 aliphatic rings. The third-order valence-electron chi connectivity index (χ3n) is 2.07. The fraction of sp³-hybridized carbons (Fsp3) is 0.455. The van der Waals surface area contributed by atoms with Crippen LogP contribution in [0.25, 0.3) is 0 Å². The molecular weight excluding hydrogens is 206 g/mol. The van der Waals surface area contributed by atoms with Gasteiger partial charge in [-0.3, -0.25) is 0 Å². The van der Waals surface area contributed by atoms with Crippen LogP contribution in [0, 0.1) is 0 Å². The van der Waals surface area contributed by atoms with Gasteiger partial charge in [0, 0.05) is 12.0 Å². The van der Waals surface area contributed by atoms with Crippen molar-refractivity contribution in [2.24, 2.45) is 15.4 Å². The lowest BCUT2D eigenvalue weighted by atomic mass is 10.0. The van der Waals surface area contributed by atoms with Crippen LogP contribution in [0.2, 0.25) is 0 Å². The van der Waals surface area contributed by atoms with Gasteiger partial charge in [0.05, 0.1) is 5.71 Å². The molecule has 0 aromatic heterocycles. The summed E-state index contributed by atoms with van der Waals surface area (Å²) in [6.45, 7) is 5.52. The summed E-state index contributed by atoms with van der Waals surface area (Å²) in [5.41, 5.74) is 1.56. The molecule has 16 heavy (non-hydrogen) atoms. The summed E-state index contributed by atoms with van der Waals surface area (Å²) in [6, 6.07) is 0. The van der Waals surface area contributed by atoms with E-state index in [1.54, 1.807) is 12.2 Å². The Hall–Kier alpha value is -1.78. The topological polar surface area (TPSA) is 63.4 Å². The molecule has 0 N–H and O–H groups in total. The largest absolute Gasteiger partial charge is 0.457 e. The second-order valence-corrected chi connectivity index (χ2v) is 4.66. The molecule has 84 valence electrons. The minimum absolute atomic E-state index is 0.308. The first kappa shape index (κ1) is 10.7. The summed E-state index contributed by atoms with van der Waals surface area (Å²) >= 11 is 0. The molecule has 0 fully saturated rings. The Morgan fingerprint density at radius 3 is 2.81 bits per heavy atom. The summed E-state index contributed by atoms with van der Waals surface area (Å²) in [7, 11) is 0. The molecule has 1 heterocycles. The van der Waals surface area contributed by atoms with E-state index in [1.807, 2.05) is 20.8 Å². The zero-order valence-corrected chi connectivity index (χ0v) is 9.52. The van der Waals surface area contributed by atoms with Gasteiger partial charge >= 0.3 is 5.97 Å². The highest BCUT2D eigenvalue weighted by atomic mass is 16.6. The number of hydrogen-bond acceptors (Lipinski definition) is 5. The first-order valence-corrected chi connectivity index (χ1v) is 5.08. The number of carbonyl (C=O) groups excluding carboxylic acids is 1. The summed E-state index contributed by atoms with van der Waals surface area (Å²) in [4.78, 5) is 11.8. The predicted molar refractivity (Wildman–Crippen MR) is 58.9 cm³/mol. The highest BCUT2D eigenvalue weighted by Crippen LogP contribution is 2.23. The van der Waals surface area contributed by atoms with E-state index in [2.05, 4.69) is 15.4 Å². The third kappa shape index (κ3) is 2.24. The van der Waals surface area contributed by atoms with Gasteiger partial charge in [0.25, 0.3) is 0 Å². The molecule has 5 heteroatoms. The lowest BCUT2D eigenvalue weighted by Crippen LogP contribution is -2.26. The van der Waals surface area contributed by atoms with Gasteiger partial charge in [-0.05, 0) is 38.1 Å². The monoisotopic (exact) mass is 219 g/mol. The van der Waals surface area contributed by atoms with E-state index in [9.17, 15) is 4.79 Å². The Labute approximate surface area is 93.6 Å². The number of rotatable bonds is 1. The molecule has 0 radical (unpaired) electrons. The van der Waals surface area contributed by atoms with Gasteiger partial charge in [-0.2, -0.15) is 0 Å². The second-order valence-electron chi connectivity index (χ2n) is 4.66. The maximum atomic E-state index is 11.8. The van der Waals surface area contributed by atoms with Gasteiger partial charge in [0.2, 0.25) is 0 Å². The van der Waals surface area contributed by atoms with Crippen LogP contribution in [0.15, 0.2) is 38.9 Å². The standard InChI is InChI=1S/C11H13N3O2/c1-11(2,3)16-10(15)7-4-5-8-9(6-7)13-14-12-8/h4-5H,6H2,1-3H3. The predicted octanol–water partition coefficient (Wildman–Crippen LogP) is 2.36. The third-order valence-corrected chi connectivity index (χ3v) is 2.07. The molecule has 0 spiro atoms. The van der Waals surface area contributed by atoms with E-state index in [0.717, 1.165) is 11.4 Å². The van der Waals surface area contributed by atoms with Crippen molar-refractivity contribution in [2.75, 3.05) is 0 Å². The molecule has 0 bridgehead atoms. The number of hydrogen-bond donors (Lipinski definition) is 0. The Morgan fingerprint density at radius 2 is 2.12 bits per heavy atom. The average molecular weight is 219 g/mol. The Kier molecular flexibility index (Phi) is 2.46. The molecule has 1 aliphatic carbocycles. The molecular formula is C11H13N3O2. The van der Waals surface area contributed by atoms with Crippen LogP contribution in [0.3, 0.4) is 0 Å². The fourth-order valence-corrected chi connectivity index (χ4v) is 1.39. The maximum absolute atomic E-state index is 11.8. The van der Waals surface area contributed by atoms with Crippen molar-refractivity contribution >= 4 is 11.7 Å². The van der Waals surface area contributed by atoms with Crippen molar-refractivity contribution in [3.63, 3.8) is 0 Å². The number of ether oxygens (including phenoxy) is 1. The normalized spacial score (nSPS) is 18.6. The van der Waals surface area contributed by atoms with Gasteiger partial charge in [0.1, 0.15) is 11.3 Å². The second kappa shape index (κ2) is 3.66. The van der Waals surface area contributed by atoms with Crippen molar-refractivity contribution in [3.05, 3.63) is 23.4 Å². The van der Waals surface area contributed by atoms with Crippen molar-refractivity contribution in [1.29, 1.82) is 0 Å². The first-order chi connectivity index (χ1) is 7.46. The molecule has 0 aromatic rings. The quantitative estimate of drug-likeness (QED) is 0.635. The van der Waals surface area contributed by atoms with Crippen LogP contribution < -0.4 is 0 Å². The van der Waals surface area contributed by atoms with E-state index in [-0.39, 0.29) is 5.97 Å². The highest BCUT2D eigenvalue weighted by molar-refractivity contribution is 6.08. The van der Waals surface area contributed by atoms with Crippen LogP contribution in [0.1, 0.15) is 27.2 Å². The zero-order chi connectivity index (χ0) is 11.8. The summed E-state index contributed by atoms with van der Waals surface area (Å²) < 4.78 is 5.27. The van der Waals surface area contributed by atoms with Crippen molar-refractivity contribution in [1.82, 2.24) is 0 Å². The molecule has 0 unspecified atom stereocenters. The molecule has 0 aromatic carbocycles. The number of allylic oxidation sites excluding steroid dienone is 3.